The number of nitrogens with zero attached hydrogens (tertiary/aromatic N) is 2. The zero-order valence-electron chi connectivity index (χ0n) is 18.7. The van der Waals surface area contributed by atoms with Crippen LogP contribution in [0, 0.1) is 13.8 Å². The fourth-order valence-corrected chi connectivity index (χ4v) is 3.98. The van der Waals surface area contributed by atoms with Gasteiger partial charge in [-0.15, -0.1) is 0 Å². The van der Waals surface area contributed by atoms with Crippen molar-refractivity contribution in [2.75, 3.05) is 31.5 Å². The summed E-state index contributed by atoms with van der Waals surface area (Å²) in [4.78, 5) is 40.9. The number of rotatable bonds is 5. The van der Waals surface area contributed by atoms with E-state index in [1.807, 2.05) is 26.0 Å². The number of urea groups is 1. The molecule has 32 heavy (non-hydrogen) atoms. The first-order valence-electron chi connectivity index (χ1n) is 10.7. The molecule has 2 aromatic carbocycles. The molecular weight excluding hydrogens is 428 g/mol. The molecule has 1 aliphatic rings. The van der Waals surface area contributed by atoms with Gasteiger partial charge in [-0.05, 0) is 37.1 Å². The Balaban J connectivity index is 1.62. The van der Waals surface area contributed by atoms with Crippen molar-refractivity contribution in [3.63, 3.8) is 0 Å². The van der Waals surface area contributed by atoms with E-state index in [1.54, 1.807) is 34.1 Å². The first kappa shape index (κ1) is 23.6. The van der Waals surface area contributed by atoms with Crippen LogP contribution in [0.5, 0.6) is 0 Å². The Labute approximate surface area is 193 Å². The number of anilines is 1. The van der Waals surface area contributed by atoms with E-state index in [9.17, 15) is 14.4 Å². The molecule has 4 amide bonds. The van der Waals surface area contributed by atoms with Gasteiger partial charge in [0.1, 0.15) is 6.04 Å². The van der Waals surface area contributed by atoms with Gasteiger partial charge in [0.2, 0.25) is 11.8 Å². The van der Waals surface area contributed by atoms with Gasteiger partial charge in [0.25, 0.3) is 0 Å². The molecule has 7 nitrogen and oxygen atoms in total. The lowest BCUT2D eigenvalue weighted by Gasteiger charge is -2.36. The third-order valence-corrected chi connectivity index (χ3v) is 5.93. The van der Waals surface area contributed by atoms with Crippen LogP contribution in [0.3, 0.4) is 0 Å². The molecule has 0 saturated carbocycles. The number of nitrogens with one attached hydrogen (secondary N) is 2. The summed E-state index contributed by atoms with van der Waals surface area (Å²) < 4.78 is 0. The minimum atomic E-state index is -0.642. The van der Waals surface area contributed by atoms with Crippen molar-refractivity contribution in [2.24, 2.45) is 0 Å². The average molecular weight is 457 g/mol. The van der Waals surface area contributed by atoms with Crippen molar-refractivity contribution < 1.29 is 14.4 Å². The summed E-state index contributed by atoms with van der Waals surface area (Å²) in [7, 11) is 0. The lowest BCUT2D eigenvalue weighted by atomic mass is 9.98. The van der Waals surface area contributed by atoms with Crippen molar-refractivity contribution >= 4 is 35.1 Å². The van der Waals surface area contributed by atoms with Crippen LogP contribution in [0.2, 0.25) is 5.02 Å². The maximum atomic E-state index is 13.2. The van der Waals surface area contributed by atoms with Crippen LogP contribution in [-0.4, -0.2) is 59.9 Å². The summed E-state index contributed by atoms with van der Waals surface area (Å²) in [6.45, 7) is 7.03. The Hall–Kier alpha value is -3.06. The molecule has 1 atom stereocenters. The van der Waals surface area contributed by atoms with Gasteiger partial charge in [0, 0.05) is 39.5 Å². The van der Waals surface area contributed by atoms with Gasteiger partial charge in [-0.3, -0.25) is 9.59 Å². The molecule has 1 aliphatic heterocycles. The number of carbonyl (C=O) groups excluding carboxylic acids is 3. The highest BCUT2D eigenvalue weighted by molar-refractivity contribution is 6.33. The number of piperazine rings is 1. The zero-order chi connectivity index (χ0) is 23.3. The minimum Gasteiger partial charge on any atom is -0.344 e. The van der Waals surface area contributed by atoms with Crippen LogP contribution in [0.1, 0.15) is 23.6 Å². The van der Waals surface area contributed by atoms with E-state index in [4.69, 9.17) is 11.6 Å². The normalized spacial score (nSPS) is 14.6. The topological polar surface area (TPSA) is 81.8 Å². The quantitative estimate of drug-likeness (QED) is 0.723. The molecule has 1 fully saturated rings. The third kappa shape index (κ3) is 6.01. The van der Waals surface area contributed by atoms with Crippen LogP contribution in [0.15, 0.2) is 42.5 Å². The lowest BCUT2D eigenvalue weighted by Crippen LogP contribution is -2.56. The molecule has 3 rings (SSSR count). The highest BCUT2D eigenvalue weighted by atomic mass is 35.5. The van der Waals surface area contributed by atoms with Gasteiger partial charge in [0.15, 0.2) is 0 Å². The second-order valence-corrected chi connectivity index (χ2v) is 8.52. The second kappa shape index (κ2) is 10.5. The second-order valence-electron chi connectivity index (χ2n) is 8.11. The van der Waals surface area contributed by atoms with Crippen LogP contribution in [-0.2, 0) is 16.0 Å². The predicted molar refractivity (Wildman–Crippen MR) is 126 cm³/mol. The number of para-hydroxylation sites is 1. The summed E-state index contributed by atoms with van der Waals surface area (Å²) in [6.07, 6.45) is 0.430. The number of carbonyl (C=O) groups is 3. The van der Waals surface area contributed by atoms with Gasteiger partial charge < -0.3 is 20.4 Å². The molecule has 1 heterocycles. The molecule has 170 valence electrons. The van der Waals surface area contributed by atoms with Crippen molar-refractivity contribution in [2.45, 2.75) is 33.2 Å². The van der Waals surface area contributed by atoms with E-state index in [0.717, 1.165) is 16.7 Å². The smallest absolute Gasteiger partial charge is 0.322 e. The number of halogens is 1. The average Bonchev–Trinajstić information content (AvgIpc) is 2.76. The monoisotopic (exact) mass is 456 g/mol. The molecule has 0 unspecified atom stereocenters. The van der Waals surface area contributed by atoms with Gasteiger partial charge in [-0.25, -0.2) is 4.79 Å². The summed E-state index contributed by atoms with van der Waals surface area (Å²) in [5, 5.41) is 6.09. The molecule has 2 aromatic rings. The molecule has 0 radical (unpaired) electrons. The van der Waals surface area contributed by atoms with Gasteiger partial charge in [-0.2, -0.15) is 0 Å². The summed E-state index contributed by atoms with van der Waals surface area (Å²) in [5.41, 5.74) is 3.78. The molecule has 0 bridgehead atoms. The van der Waals surface area contributed by atoms with Crippen LogP contribution in [0.4, 0.5) is 10.5 Å². The highest BCUT2D eigenvalue weighted by Gasteiger charge is 2.30. The van der Waals surface area contributed by atoms with E-state index in [1.165, 1.54) is 6.92 Å². The maximum absolute atomic E-state index is 13.2. The van der Waals surface area contributed by atoms with Gasteiger partial charge in [-0.1, -0.05) is 47.5 Å². The number of hydrogen-bond donors (Lipinski definition) is 2. The summed E-state index contributed by atoms with van der Waals surface area (Å²) in [5.74, 6) is -0.376. The van der Waals surface area contributed by atoms with E-state index < -0.39 is 6.04 Å². The van der Waals surface area contributed by atoms with E-state index in [0.29, 0.717) is 43.3 Å². The molecule has 1 saturated heterocycles. The number of aryl methyl sites for hydroxylation is 2. The Morgan fingerprint density at radius 1 is 1.00 bits per heavy atom. The molecule has 0 aliphatic carbocycles. The predicted octanol–water partition coefficient (Wildman–Crippen LogP) is 3.38. The van der Waals surface area contributed by atoms with Crippen molar-refractivity contribution in [3.05, 3.63) is 64.2 Å². The molecular formula is C24H29ClN4O3. The minimum absolute atomic E-state index is 0.132. The fraction of sp³-hybridized carbons (Fsp3) is 0.375. The highest BCUT2D eigenvalue weighted by Crippen LogP contribution is 2.21. The Kier molecular flexibility index (Phi) is 7.75. The summed E-state index contributed by atoms with van der Waals surface area (Å²) >= 11 is 6.12. The largest absolute Gasteiger partial charge is 0.344 e. The third-order valence-electron chi connectivity index (χ3n) is 5.60. The van der Waals surface area contributed by atoms with Crippen LogP contribution < -0.4 is 10.6 Å². The number of amides is 4. The Morgan fingerprint density at radius 3 is 2.31 bits per heavy atom. The molecule has 2 N–H and O–H groups in total. The SMILES string of the molecule is CC(=O)N[C@@H](Cc1cc(C)ccc1C)C(=O)N1CCN(C(=O)Nc2ccccc2Cl)CC1. The zero-order valence-corrected chi connectivity index (χ0v) is 19.4. The molecule has 0 spiro atoms. The Bertz CT molecular complexity index is 1000. The van der Waals surface area contributed by atoms with E-state index >= 15 is 0 Å². The van der Waals surface area contributed by atoms with E-state index in [-0.39, 0.29) is 17.8 Å². The van der Waals surface area contributed by atoms with Crippen LogP contribution >= 0.6 is 11.6 Å². The lowest BCUT2D eigenvalue weighted by molar-refractivity contribution is -0.137. The van der Waals surface area contributed by atoms with E-state index in [2.05, 4.69) is 16.7 Å². The number of benzene rings is 2. The van der Waals surface area contributed by atoms with Crippen LogP contribution in [0.25, 0.3) is 0 Å². The van der Waals surface area contributed by atoms with Crippen molar-refractivity contribution in [1.29, 1.82) is 0 Å². The molecule has 8 heteroatoms. The maximum Gasteiger partial charge on any atom is 0.322 e. The van der Waals surface area contributed by atoms with Crippen molar-refractivity contribution in [3.8, 4) is 0 Å². The standard InChI is InChI=1S/C24H29ClN4O3/c1-16-8-9-17(2)19(14-16)15-22(26-18(3)30)23(31)28-10-12-29(13-11-28)24(32)27-21-7-5-4-6-20(21)25/h4-9,14,22H,10-13,15H2,1-3H3,(H,26,30)(H,27,32)/t22-/m0/s1. The Morgan fingerprint density at radius 2 is 1.66 bits per heavy atom. The summed E-state index contributed by atoms with van der Waals surface area (Å²) in [6, 6.07) is 12.3. The van der Waals surface area contributed by atoms with Crippen molar-refractivity contribution in [1.82, 2.24) is 15.1 Å². The molecule has 0 aromatic heterocycles. The number of hydrogen-bond acceptors (Lipinski definition) is 3. The first-order chi connectivity index (χ1) is 15.2. The van der Waals surface area contributed by atoms with Gasteiger partial charge in [0.05, 0.1) is 10.7 Å². The first-order valence-corrected chi connectivity index (χ1v) is 11.0. The van der Waals surface area contributed by atoms with Gasteiger partial charge >= 0.3 is 6.03 Å². The fourth-order valence-electron chi connectivity index (χ4n) is 3.79.